The second kappa shape index (κ2) is 9.92. The summed E-state index contributed by atoms with van der Waals surface area (Å²) in [7, 11) is 1.51. The number of aromatic hydroxyl groups is 1. The number of nitrogens with one attached hydrogen (secondary N) is 1. The van der Waals surface area contributed by atoms with E-state index in [0.717, 1.165) is 46.4 Å². The van der Waals surface area contributed by atoms with Crippen LogP contribution < -0.4 is 10.1 Å². The van der Waals surface area contributed by atoms with Gasteiger partial charge in [-0.25, -0.2) is 0 Å². The third kappa shape index (κ3) is 4.81. The number of fused-ring (bicyclic) bond motifs is 1. The minimum atomic E-state index is -0.0596. The maximum Gasteiger partial charge on any atom is 0.176 e. The van der Waals surface area contributed by atoms with Crippen molar-refractivity contribution < 1.29 is 9.84 Å². The lowest BCUT2D eigenvalue weighted by molar-refractivity contribution is 0.343. The SMILES string of the molecule is COc1cc(-c2ccc3nc[c]c(Nc4cccc(CCN5CCCC5)c4)c3c2)cc(Cl)c1O. The molecule has 0 unspecified atom stereocenters. The van der Waals surface area contributed by atoms with Crippen molar-refractivity contribution in [2.75, 3.05) is 32.1 Å². The van der Waals surface area contributed by atoms with Gasteiger partial charge in [-0.1, -0.05) is 29.8 Å². The first-order chi connectivity index (χ1) is 16.6. The van der Waals surface area contributed by atoms with Crippen molar-refractivity contribution in [1.82, 2.24) is 9.88 Å². The molecule has 1 fully saturated rings. The number of methoxy groups -OCH3 is 1. The van der Waals surface area contributed by atoms with E-state index >= 15 is 0 Å². The maximum absolute atomic E-state index is 10.1. The fraction of sp³-hybridized carbons (Fsp3) is 0.250. The summed E-state index contributed by atoms with van der Waals surface area (Å²) in [5.41, 5.74) is 5.87. The van der Waals surface area contributed by atoms with E-state index in [2.05, 4.69) is 51.6 Å². The van der Waals surface area contributed by atoms with Crippen LogP contribution >= 0.6 is 11.6 Å². The summed E-state index contributed by atoms with van der Waals surface area (Å²) >= 11 is 6.22. The van der Waals surface area contributed by atoms with Crippen LogP contribution in [-0.4, -0.2) is 41.7 Å². The average molecular weight is 473 g/mol. The van der Waals surface area contributed by atoms with Gasteiger partial charge < -0.3 is 20.1 Å². The molecule has 5 rings (SSSR count). The molecule has 0 saturated carbocycles. The van der Waals surface area contributed by atoms with Gasteiger partial charge in [-0.15, -0.1) is 0 Å². The van der Waals surface area contributed by atoms with Crippen molar-refractivity contribution in [1.29, 1.82) is 0 Å². The van der Waals surface area contributed by atoms with Crippen LogP contribution in [0.1, 0.15) is 18.4 Å². The number of halogens is 1. The summed E-state index contributed by atoms with van der Waals surface area (Å²) in [4.78, 5) is 7.02. The van der Waals surface area contributed by atoms with Crippen molar-refractivity contribution in [2.45, 2.75) is 19.3 Å². The number of nitrogens with zero attached hydrogens (tertiary/aromatic N) is 2. The molecular formula is C28H27ClN3O2. The van der Waals surface area contributed by atoms with Gasteiger partial charge in [0.2, 0.25) is 0 Å². The van der Waals surface area contributed by atoms with Crippen LogP contribution in [0, 0.1) is 6.07 Å². The Morgan fingerprint density at radius 3 is 2.76 bits per heavy atom. The van der Waals surface area contributed by atoms with Crippen LogP contribution in [0.15, 0.2) is 60.8 Å². The summed E-state index contributed by atoms with van der Waals surface area (Å²) in [6, 6.07) is 21.4. The minimum Gasteiger partial charge on any atom is -0.503 e. The third-order valence-electron chi connectivity index (χ3n) is 6.37. The van der Waals surface area contributed by atoms with Crippen molar-refractivity contribution in [3.8, 4) is 22.6 Å². The van der Waals surface area contributed by atoms with Gasteiger partial charge in [-0.2, -0.15) is 0 Å². The molecule has 0 bridgehead atoms. The summed E-state index contributed by atoms with van der Waals surface area (Å²) in [5.74, 6) is 0.278. The standard InChI is InChI=1S/C28H27ClN3O2/c1-34-27-18-21(17-24(29)28(27)33)20-7-8-25-23(16-20)26(9-11-30-25)31-22-6-4-5-19(15-22)10-14-32-12-2-3-13-32/h4-8,11,15-18,33H,2-3,10,12-14H2,1H3,(H,30,31). The molecule has 1 aromatic heterocycles. The van der Waals surface area contributed by atoms with Crippen LogP contribution in [0.4, 0.5) is 11.4 Å². The number of hydrogen-bond donors (Lipinski definition) is 2. The van der Waals surface area contributed by atoms with Crippen LogP contribution in [0.5, 0.6) is 11.5 Å². The Morgan fingerprint density at radius 1 is 1.09 bits per heavy atom. The van der Waals surface area contributed by atoms with E-state index < -0.39 is 0 Å². The van der Waals surface area contributed by atoms with Crippen molar-refractivity contribution in [3.63, 3.8) is 0 Å². The third-order valence-corrected chi connectivity index (χ3v) is 6.66. The summed E-state index contributed by atoms with van der Waals surface area (Å²) in [6.07, 6.45) is 5.38. The van der Waals surface area contributed by atoms with Gasteiger partial charge in [0.05, 0.1) is 23.3 Å². The molecule has 1 radical (unpaired) electrons. The highest BCUT2D eigenvalue weighted by Crippen LogP contribution is 2.39. The molecule has 2 heterocycles. The number of pyridine rings is 1. The molecule has 1 aliphatic rings. The first kappa shape index (κ1) is 22.5. The Kier molecular flexibility index (Phi) is 6.57. The van der Waals surface area contributed by atoms with E-state index in [1.54, 1.807) is 18.3 Å². The molecule has 0 aliphatic carbocycles. The molecule has 34 heavy (non-hydrogen) atoms. The largest absolute Gasteiger partial charge is 0.503 e. The average Bonchev–Trinajstić information content (AvgIpc) is 3.38. The van der Waals surface area contributed by atoms with E-state index in [9.17, 15) is 5.11 Å². The molecule has 0 amide bonds. The molecule has 4 aromatic rings. The quantitative estimate of drug-likeness (QED) is 0.323. The summed E-state index contributed by atoms with van der Waals surface area (Å²) < 4.78 is 5.27. The molecule has 0 spiro atoms. The van der Waals surface area contributed by atoms with E-state index in [4.69, 9.17) is 16.3 Å². The molecule has 3 aromatic carbocycles. The lowest BCUT2D eigenvalue weighted by atomic mass is 10.0. The zero-order chi connectivity index (χ0) is 23.5. The Morgan fingerprint density at radius 2 is 1.94 bits per heavy atom. The zero-order valence-electron chi connectivity index (χ0n) is 19.1. The first-order valence-electron chi connectivity index (χ1n) is 11.6. The molecule has 1 saturated heterocycles. The second-order valence-electron chi connectivity index (χ2n) is 8.64. The number of rotatable bonds is 7. The van der Waals surface area contributed by atoms with Crippen LogP contribution in [-0.2, 0) is 6.42 Å². The van der Waals surface area contributed by atoms with E-state index in [1.165, 1.54) is 38.6 Å². The van der Waals surface area contributed by atoms with Crippen molar-refractivity contribution in [3.05, 3.63) is 77.4 Å². The second-order valence-corrected chi connectivity index (χ2v) is 9.05. The number of ether oxygens (including phenoxy) is 1. The molecule has 6 heteroatoms. The fourth-order valence-corrected chi connectivity index (χ4v) is 4.73. The number of benzene rings is 3. The predicted molar refractivity (Wildman–Crippen MR) is 138 cm³/mol. The molecule has 1 aliphatic heterocycles. The van der Waals surface area contributed by atoms with Crippen LogP contribution in [0.2, 0.25) is 5.02 Å². The predicted octanol–water partition coefficient (Wildman–Crippen LogP) is 6.45. The maximum atomic E-state index is 10.1. The topological polar surface area (TPSA) is 57.6 Å². The zero-order valence-corrected chi connectivity index (χ0v) is 19.9. The lowest BCUT2D eigenvalue weighted by Gasteiger charge is -2.15. The van der Waals surface area contributed by atoms with E-state index in [-0.39, 0.29) is 10.8 Å². The van der Waals surface area contributed by atoms with Gasteiger partial charge in [0.25, 0.3) is 0 Å². The summed E-state index contributed by atoms with van der Waals surface area (Å²) in [6.45, 7) is 3.54. The minimum absolute atomic E-state index is 0.0596. The number of likely N-dealkylation sites (tertiary alicyclic amines) is 1. The molecule has 173 valence electrons. The van der Waals surface area contributed by atoms with Gasteiger partial charge in [0.1, 0.15) is 0 Å². The Balaban J connectivity index is 1.43. The van der Waals surface area contributed by atoms with Gasteiger partial charge in [0.15, 0.2) is 11.5 Å². The first-order valence-corrected chi connectivity index (χ1v) is 11.9. The highest BCUT2D eigenvalue weighted by Gasteiger charge is 2.13. The molecule has 0 atom stereocenters. The van der Waals surface area contributed by atoms with Gasteiger partial charge in [-0.3, -0.25) is 4.98 Å². The highest BCUT2D eigenvalue weighted by molar-refractivity contribution is 6.32. The number of phenols is 1. The monoisotopic (exact) mass is 472 g/mol. The lowest BCUT2D eigenvalue weighted by Crippen LogP contribution is -2.21. The van der Waals surface area contributed by atoms with E-state index in [1.807, 2.05) is 12.1 Å². The molecule has 5 nitrogen and oxygen atoms in total. The number of phenolic OH excluding ortho intramolecular Hbond substituents is 1. The van der Waals surface area contributed by atoms with Crippen molar-refractivity contribution >= 4 is 33.9 Å². The Hall–Kier alpha value is -3.28. The normalized spacial score (nSPS) is 13.9. The Labute approximate surface area is 205 Å². The highest BCUT2D eigenvalue weighted by atomic mass is 35.5. The van der Waals surface area contributed by atoms with Gasteiger partial charge in [-0.05, 0) is 85.4 Å². The van der Waals surface area contributed by atoms with Gasteiger partial charge in [0, 0.05) is 29.9 Å². The smallest absolute Gasteiger partial charge is 0.176 e. The van der Waals surface area contributed by atoms with E-state index in [0.29, 0.717) is 5.75 Å². The number of hydrogen-bond acceptors (Lipinski definition) is 5. The van der Waals surface area contributed by atoms with Crippen LogP contribution in [0.3, 0.4) is 0 Å². The summed E-state index contributed by atoms with van der Waals surface area (Å²) in [5, 5.41) is 14.8. The van der Waals surface area contributed by atoms with Gasteiger partial charge >= 0.3 is 0 Å². The van der Waals surface area contributed by atoms with Crippen molar-refractivity contribution in [2.24, 2.45) is 0 Å². The molecular weight excluding hydrogens is 446 g/mol. The number of anilines is 2. The fourth-order valence-electron chi connectivity index (χ4n) is 4.51. The van der Waals surface area contributed by atoms with Crippen LogP contribution in [0.25, 0.3) is 22.0 Å². The molecule has 2 N–H and O–H groups in total. The Bertz CT molecular complexity index is 1320. The number of aromatic nitrogens is 1.